The van der Waals surface area contributed by atoms with Gasteiger partial charge in [-0.1, -0.05) is 23.7 Å². The lowest BCUT2D eigenvalue weighted by Gasteiger charge is -2.02. The number of thiazole rings is 1. The summed E-state index contributed by atoms with van der Waals surface area (Å²) < 4.78 is 0. The number of aromatic amines is 1. The number of pyridine rings is 1. The number of imidazole rings is 1. The van der Waals surface area contributed by atoms with Crippen LogP contribution in [-0.2, 0) is 11.2 Å². The predicted octanol–water partition coefficient (Wildman–Crippen LogP) is 4.80. The van der Waals surface area contributed by atoms with E-state index in [1.165, 1.54) is 6.92 Å². The van der Waals surface area contributed by atoms with Crippen molar-refractivity contribution in [2.75, 3.05) is 5.32 Å². The first-order valence-electron chi connectivity index (χ1n) is 8.56. The van der Waals surface area contributed by atoms with Crippen LogP contribution in [-0.4, -0.2) is 25.8 Å². The lowest BCUT2D eigenvalue weighted by Crippen LogP contribution is -2.07. The molecule has 6 nitrogen and oxygen atoms in total. The summed E-state index contributed by atoms with van der Waals surface area (Å²) in [5, 5.41) is 4.25. The maximum atomic E-state index is 11.3. The molecule has 4 aromatic rings. The number of nitrogens with zero attached hydrogens (tertiary/aromatic N) is 3. The second kappa shape index (κ2) is 7.92. The first kappa shape index (κ1) is 18.3. The van der Waals surface area contributed by atoms with Gasteiger partial charge in [-0.25, -0.2) is 15.0 Å². The van der Waals surface area contributed by atoms with E-state index in [4.69, 9.17) is 16.6 Å². The number of halogens is 1. The number of benzene rings is 1. The molecule has 8 heteroatoms. The first-order chi connectivity index (χ1) is 13.6. The zero-order valence-electron chi connectivity index (χ0n) is 14.9. The molecule has 0 radical (unpaired) electrons. The van der Waals surface area contributed by atoms with Crippen molar-refractivity contribution in [1.29, 1.82) is 0 Å². The van der Waals surface area contributed by atoms with Gasteiger partial charge in [-0.2, -0.15) is 0 Å². The predicted molar refractivity (Wildman–Crippen MR) is 111 cm³/mol. The Morgan fingerprint density at radius 1 is 1.18 bits per heavy atom. The van der Waals surface area contributed by atoms with E-state index in [1.807, 2.05) is 36.4 Å². The highest BCUT2D eigenvalue weighted by Crippen LogP contribution is 2.35. The molecule has 0 saturated carbocycles. The molecule has 2 N–H and O–H groups in total. The Balaban J connectivity index is 1.73. The third-order valence-electron chi connectivity index (χ3n) is 4.01. The molecule has 0 aliphatic carbocycles. The molecule has 3 heterocycles. The van der Waals surface area contributed by atoms with Gasteiger partial charge >= 0.3 is 0 Å². The van der Waals surface area contributed by atoms with E-state index in [2.05, 4.69) is 20.3 Å². The highest BCUT2D eigenvalue weighted by Gasteiger charge is 2.17. The number of anilines is 1. The van der Waals surface area contributed by atoms with Gasteiger partial charge < -0.3 is 10.3 Å². The van der Waals surface area contributed by atoms with Crippen molar-refractivity contribution in [1.82, 2.24) is 19.9 Å². The first-order valence-corrected chi connectivity index (χ1v) is 9.76. The Hall–Kier alpha value is -3.03. The molecule has 0 spiro atoms. The van der Waals surface area contributed by atoms with Gasteiger partial charge in [-0.3, -0.25) is 4.79 Å². The Bertz CT molecular complexity index is 1110. The summed E-state index contributed by atoms with van der Waals surface area (Å²) >= 11 is 7.55. The molecule has 0 aliphatic heterocycles. The van der Waals surface area contributed by atoms with Crippen molar-refractivity contribution in [2.45, 2.75) is 13.3 Å². The Morgan fingerprint density at radius 3 is 2.71 bits per heavy atom. The molecule has 0 atom stereocenters. The maximum absolute atomic E-state index is 11.3. The smallest absolute Gasteiger partial charge is 0.222 e. The second-order valence-electron chi connectivity index (χ2n) is 6.15. The van der Waals surface area contributed by atoms with Crippen LogP contribution in [0.2, 0.25) is 5.02 Å². The van der Waals surface area contributed by atoms with Crippen LogP contribution >= 0.6 is 22.9 Å². The van der Waals surface area contributed by atoms with E-state index in [0.29, 0.717) is 17.3 Å². The van der Waals surface area contributed by atoms with Gasteiger partial charge in [-0.05, 0) is 29.8 Å². The number of carbonyl (C=O) groups excluding carboxylic acids is 1. The van der Waals surface area contributed by atoms with Crippen LogP contribution in [0.3, 0.4) is 0 Å². The van der Waals surface area contributed by atoms with Gasteiger partial charge in [-0.15, -0.1) is 11.3 Å². The highest BCUT2D eigenvalue weighted by atomic mass is 35.5. The number of amides is 1. The minimum absolute atomic E-state index is 0.163. The number of hydrogen-bond donors (Lipinski definition) is 2. The van der Waals surface area contributed by atoms with E-state index >= 15 is 0 Å². The minimum Gasteiger partial charge on any atom is -0.344 e. The van der Waals surface area contributed by atoms with Gasteiger partial charge in [0.1, 0.15) is 16.6 Å². The summed E-state index contributed by atoms with van der Waals surface area (Å²) in [6, 6.07) is 11.4. The topological polar surface area (TPSA) is 83.6 Å². The summed E-state index contributed by atoms with van der Waals surface area (Å²) in [4.78, 5) is 28.9. The molecule has 0 unspecified atom stereocenters. The molecule has 1 amide bonds. The molecule has 0 fully saturated rings. The van der Waals surface area contributed by atoms with Crippen LogP contribution in [0.5, 0.6) is 0 Å². The van der Waals surface area contributed by atoms with Crippen molar-refractivity contribution in [3.8, 4) is 21.3 Å². The number of H-pyrrole nitrogens is 1. The summed E-state index contributed by atoms with van der Waals surface area (Å²) in [5.41, 5.74) is 2.93. The molecule has 1 aromatic carbocycles. The Morgan fingerprint density at radius 2 is 2.00 bits per heavy atom. The molecule has 0 saturated heterocycles. The largest absolute Gasteiger partial charge is 0.344 e. The molecule has 140 valence electrons. The van der Waals surface area contributed by atoms with E-state index in [1.54, 1.807) is 29.9 Å². The molecule has 28 heavy (non-hydrogen) atoms. The van der Waals surface area contributed by atoms with Gasteiger partial charge in [0.15, 0.2) is 0 Å². The number of hydrogen-bond acceptors (Lipinski definition) is 5. The fraction of sp³-hybridized carbons (Fsp3) is 0.100. The second-order valence-corrected chi connectivity index (χ2v) is 7.58. The highest BCUT2D eigenvalue weighted by molar-refractivity contribution is 7.18. The van der Waals surface area contributed by atoms with Crippen LogP contribution in [0.4, 0.5) is 5.82 Å². The normalized spacial score (nSPS) is 10.8. The van der Waals surface area contributed by atoms with E-state index < -0.39 is 0 Å². The Labute approximate surface area is 170 Å². The van der Waals surface area contributed by atoms with Crippen LogP contribution in [0.25, 0.3) is 21.3 Å². The summed E-state index contributed by atoms with van der Waals surface area (Å²) in [6.45, 7) is 1.46. The molecule has 4 rings (SSSR count). The number of aromatic nitrogens is 4. The van der Waals surface area contributed by atoms with Crippen LogP contribution in [0, 0.1) is 0 Å². The number of rotatable bonds is 5. The molecule has 0 bridgehead atoms. The minimum atomic E-state index is -0.163. The monoisotopic (exact) mass is 409 g/mol. The third-order valence-corrected chi connectivity index (χ3v) is 5.41. The quantitative estimate of drug-likeness (QED) is 0.496. The van der Waals surface area contributed by atoms with E-state index in [9.17, 15) is 4.79 Å². The maximum Gasteiger partial charge on any atom is 0.222 e. The average molecular weight is 410 g/mol. The van der Waals surface area contributed by atoms with Crippen LogP contribution in [0.1, 0.15) is 18.2 Å². The van der Waals surface area contributed by atoms with Crippen molar-refractivity contribution in [2.24, 2.45) is 0 Å². The summed E-state index contributed by atoms with van der Waals surface area (Å²) in [6.07, 6.45) is 5.84. The molecule has 3 aromatic heterocycles. The summed E-state index contributed by atoms with van der Waals surface area (Å²) in [7, 11) is 0. The Kier molecular flexibility index (Phi) is 5.18. The number of nitrogens with one attached hydrogen (secondary N) is 2. The SMILES string of the molecule is CC(=O)Nc1cc(-c2nc(Cc3ccc(Cl)cc3)c(-c3ncc[nH]3)s2)ccn1. The fourth-order valence-corrected chi connectivity index (χ4v) is 3.94. The van der Waals surface area contributed by atoms with E-state index in [0.717, 1.165) is 32.5 Å². The molecule has 0 aliphatic rings. The van der Waals surface area contributed by atoms with E-state index in [-0.39, 0.29) is 5.91 Å². The van der Waals surface area contributed by atoms with Crippen molar-refractivity contribution < 1.29 is 4.79 Å². The van der Waals surface area contributed by atoms with Crippen LogP contribution in [0.15, 0.2) is 55.0 Å². The van der Waals surface area contributed by atoms with Crippen molar-refractivity contribution in [3.05, 3.63) is 71.3 Å². The standard InChI is InChI=1S/C20H16ClN5OS/c1-12(27)25-17-11-14(6-7-22-17)20-26-16(10-13-2-4-15(21)5-3-13)18(28-20)19-23-8-9-24-19/h2-9,11H,10H2,1H3,(H,23,24)(H,22,25,27). The fourth-order valence-electron chi connectivity index (χ4n) is 2.78. The van der Waals surface area contributed by atoms with Crippen molar-refractivity contribution in [3.63, 3.8) is 0 Å². The molecular weight excluding hydrogens is 394 g/mol. The third kappa shape index (κ3) is 4.11. The number of carbonyl (C=O) groups is 1. The zero-order chi connectivity index (χ0) is 19.5. The van der Waals surface area contributed by atoms with Gasteiger partial charge in [0.05, 0.1) is 10.6 Å². The van der Waals surface area contributed by atoms with Crippen molar-refractivity contribution >= 4 is 34.7 Å². The van der Waals surface area contributed by atoms with Gasteiger partial charge in [0.2, 0.25) is 5.91 Å². The zero-order valence-corrected chi connectivity index (χ0v) is 16.5. The lowest BCUT2D eigenvalue weighted by molar-refractivity contribution is -0.114. The van der Waals surface area contributed by atoms with Gasteiger partial charge in [0, 0.05) is 42.5 Å². The van der Waals surface area contributed by atoms with Gasteiger partial charge in [0.25, 0.3) is 0 Å². The average Bonchev–Trinajstić information content (AvgIpc) is 3.33. The molecular formula is C20H16ClN5OS. The summed E-state index contributed by atoms with van der Waals surface area (Å²) in [5.74, 6) is 1.12. The van der Waals surface area contributed by atoms with Crippen LogP contribution < -0.4 is 5.32 Å². The lowest BCUT2D eigenvalue weighted by atomic mass is 10.1.